The molecule has 2 aliphatic rings. The molecule has 3 rings (SSSR count). The third-order valence-corrected chi connectivity index (χ3v) is 6.13. The lowest BCUT2D eigenvalue weighted by Gasteiger charge is -2.32. The summed E-state index contributed by atoms with van der Waals surface area (Å²) in [5.74, 6) is 0.796. The Balaban J connectivity index is 0.00000182. The number of hydrogen-bond donors (Lipinski definition) is 2. The summed E-state index contributed by atoms with van der Waals surface area (Å²) in [6.45, 7) is 7.23. The van der Waals surface area contributed by atoms with Crippen LogP contribution in [0.3, 0.4) is 0 Å². The van der Waals surface area contributed by atoms with Gasteiger partial charge in [0.05, 0.1) is 11.0 Å². The van der Waals surface area contributed by atoms with Crippen molar-refractivity contribution >= 4 is 48.0 Å². The van der Waals surface area contributed by atoms with Crippen LogP contribution in [0.15, 0.2) is 5.38 Å². The van der Waals surface area contributed by atoms with E-state index in [4.69, 9.17) is 0 Å². The zero-order valence-electron chi connectivity index (χ0n) is 15.9. The summed E-state index contributed by atoms with van der Waals surface area (Å²) in [4.78, 5) is 31.2. The third-order valence-electron chi connectivity index (χ3n) is 4.98. The average molecular weight is 437 g/mol. The van der Waals surface area contributed by atoms with Crippen molar-refractivity contribution in [1.29, 1.82) is 0 Å². The monoisotopic (exact) mass is 436 g/mol. The second kappa shape index (κ2) is 11.2. The van der Waals surface area contributed by atoms with Crippen LogP contribution in [0.5, 0.6) is 0 Å². The van der Waals surface area contributed by atoms with Crippen molar-refractivity contribution in [3.8, 4) is 0 Å². The van der Waals surface area contributed by atoms with E-state index >= 15 is 0 Å². The average Bonchev–Trinajstić information content (AvgIpc) is 3.30. The molecule has 154 valence electrons. The molecule has 1 aromatic rings. The van der Waals surface area contributed by atoms with Crippen molar-refractivity contribution in [3.63, 3.8) is 0 Å². The molecule has 0 aromatic carbocycles. The Hall–Kier alpha value is -0.890. The van der Waals surface area contributed by atoms with Crippen molar-refractivity contribution < 1.29 is 9.59 Å². The highest BCUT2D eigenvalue weighted by atomic mass is 35.5. The van der Waals surface area contributed by atoms with Gasteiger partial charge in [-0.1, -0.05) is 13.8 Å². The molecule has 6 nitrogen and oxygen atoms in total. The molecular weight excluding hydrogens is 407 g/mol. The molecule has 0 radical (unpaired) electrons. The lowest BCUT2D eigenvalue weighted by Crippen LogP contribution is -2.46. The fourth-order valence-corrected chi connectivity index (χ4v) is 4.31. The number of nitrogens with one attached hydrogen (secondary N) is 2. The Morgan fingerprint density at radius 3 is 2.74 bits per heavy atom. The predicted octanol–water partition coefficient (Wildman–Crippen LogP) is 2.83. The Morgan fingerprint density at radius 2 is 2.11 bits per heavy atom. The van der Waals surface area contributed by atoms with Gasteiger partial charge in [-0.05, 0) is 38.1 Å². The number of amides is 2. The van der Waals surface area contributed by atoms with Gasteiger partial charge in [0.2, 0.25) is 5.91 Å². The van der Waals surface area contributed by atoms with Gasteiger partial charge in [-0.25, -0.2) is 4.98 Å². The molecule has 0 aliphatic carbocycles. The fraction of sp³-hybridized carbons (Fsp3) is 0.722. The van der Waals surface area contributed by atoms with Gasteiger partial charge in [0.15, 0.2) is 0 Å². The van der Waals surface area contributed by atoms with E-state index in [0.29, 0.717) is 30.6 Å². The number of halogens is 2. The van der Waals surface area contributed by atoms with Crippen LogP contribution in [0, 0.1) is 5.92 Å². The van der Waals surface area contributed by atoms with Crippen molar-refractivity contribution in [1.82, 2.24) is 20.5 Å². The Labute approximate surface area is 177 Å². The van der Waals surface area contributed by atoms with Crippen LogP contribution in [-0.2, 0) is 4.79 Å². The van der Waals surface area contributed by atoms with Crippen LogP contribution in [0.4, 0.5) is 0 Å². The maximum Gasteiger partial charge on any atom is 0.273 e. The molecular formula is C18H30Cl2N4O2S. The summed E-state index contributed by atoms with van der Waals surface area (Å²) >= 11 is 1.56. The molecule has 2 aliphatic heterocycles. The zero-order valence-corrected chi connectivity index (χ0v) is 18.4. The maximum absolute atomic E-state index is 12.7. The third kappa shape index (κ3) is 6.31. The number of thiazole rings is 1. The normalized spacial score (nSPS) is 22.1. The van der Waals surface area contributed by atoms with Crippen molar-refractivity contribution in [3.05, 3.63) is 16.1 Å². The van der Waals surface area contributed by atoms with Crippen LogP contribution in [0.2, 0.25) is 0 Å². The number of carbonyl (C=O) groups excluding carboxylic acids is 2. The molecule has 2 fully saturated rings. The SMILES string of the molecule is CC(C)c1nc(C(=O)N2CCCC(CNC(=O)C3CCCN3)C2)cs1.Cl.Cl. The van der Waals surface area contributed by atoms with E-state index in [1.54, 1.807) is 11.3 Å². The minimum Gasteiger partial charge on any atom is -0.354 e. The van der Waals surface area contributed by atoms with Crippen LogP contribution in [-0.4, -0.2) is 53.9 Å². The van der Waals surface area contributed by atoms with Crippen LogP contribution < -0.4 is 10.6 Å². The van der Waals surface area contributed by atoms with E-state index in [1.807, 2.05) is 10.3 Å². The van der Waals surface area contributed by atoms with Crippen molar-refractivity contribution in [2.45, 2.75) is 51.5 Å². The first-order chi connectivity index (χ1) is 12.0. The smallest absolute Gasteiger partial charge is 0.273 e. The molecule has 3 heterocycles. The number of hydrogen-bond acceptors (Lipinski definition) is 5. The number of piperidine rings is 1. The predicted molar refractivity (Wildman–Crippen MR) is 113 cm³/mol. The van der Waals surface area contributed by atoms with E-state index in [9.17, 15) is 9.59 Å². The van der Waals surface area contributed by atoms with E-state index in [2.05, 4.69) is 29.5 Å². The first kappa shape index (κ1) is 24.1. The molecule has 2 N–H and O–H groups in total. The largest absolute Gasteiger partial charge is 0.354 e. The Bertz CT molecular complexity index is 620. The lowest BCUT2D eigenvalue weighted by atomic mass is 9.97. The molecule has 27 heavy (non-hydrogen) atoms. The van der Waals surface area contributed by atoms with E-state index in [-0.39, 0.29) is 42.7 Å². The number of carbonyl (C=O) groups is 2. The molecule has 9 heteroatoms. The van der Waals surface area contributed by atoms with E-state index in [0.717, 1.165) is 43.8 Å². The van der Waals surface area contributed by atoms with Crippen molar-refractivity contribution in [2.75, 3.05) is 26.2 Å². The summed E-state index contributed by atoms with van der Waals surface area (Å²) in [6, 6.07) is -0.0363. The topological polar surface area (TPSA) is 74.3 Å². The van der Waals surface area contributed by atoms with Gasteiger partial charge in [-0.15, -0.1) is 36.2 Å². The van der Waals surface area contributed by atoms with Gasteiger partial charge in [-0.2, -0.15) is 0 Å². The van der Waals surface area contributed by atoms with Crippen LogP contribution in [0.25, 0.3) is 0 Å². The Kier molecular flexibility index (Phi) is 10.0. The molecule has 2 saturated heterocycles. The van der Waals surface area contributed by atoms with E-state index < -0.39 is 0 Å². The molecule has 2 unspecified atom stereocenters. The van der Waals surface area contributed by atoms with E-state index in [1.165, 1.54) is 0 Å². The number of nitrogens with zero attached hydrogens (tertiary/aromatic N) is 2. The summed E-state index contributed by atoms with van der Waals surface area (Å²) in [5, 5.41) is 9.16. The van der Waals surface area contributed by atoms with Gasteiger partial charge < -0.3 is 15.5 Å². The first-order valence-electron chi connectivity index (χ1n) is 9.30. The summed E-state index contributed by atoms with van der Waals surface area (Å²) < 4.78 is 0. The van der Waals surface area contributed by atoms with Gasteiger partial charge in [-0.3, -0.25) is 9.59 Å². The highest BCUT2D eigenvalue weighted by Crippen LogP contribution is 2.22. The number of aromatic nitrogens is 1. The minimum absolute atomic E-state index is 0. The van der Waals surface area contributed by atoms with Crippen LogP contribution in [0.1, 0.15) is 60.9 Å². The van der Waals surface area contributed by atoms with Crippen molar-refractivity contribution in [2.24, 2.45) is 5.92 Å². The molecule has 2 atom stereocenters. The minimum atomic E-state index is -0.0363. The second-order valence-electron chi connectivity index (χ2n) is 7.38. The lowest BCUT2D eigenvalue weighted by molar-refractivity contribution is -0.123. The highest BCUT2D eigenvalue weighted by molar-refractivity contribution is 7.09. The van der Waals surface area contributed by atoms with Gasteiger partial charge in [0.25, 0.3) is 5.91 Å². The standard InChI is InChI=1S/C18H28N4O2S.2ClH/c1-12(2)17-21-15(11-25-17)18(24)22-8-4-5-13(10-22)9-20-16(23)14-6-3-7-19-14;;/h11-14,19H,3-10H2,1-2H3,(H,20,23);2*1H. The zero-order chi connectivity index (χ0) is 17.8. The molecule has 2 amide bonds. The molecule has 0 saturated carbocycles. The van der Waals surface area contributed by atoms with Gasteiger partial charge in [0.1, 0.15) is 5.69 Å². The molecule has 0 bridgehead atoms. The first-order valence-corrected chi connectivity index (χ1v) is 10.2. The van der Waals surface area contributed by atoms with Gasteiger partial charge >= 0.3 is 0 Å². The number of rotatable bonds is 5. The Morgan fingerprint density at radius 1 is 1.33 bits per heavy atom. The fourth-order valence-electron chi connectivity index (χ4n) is 3.51. The maximum atomic E-state index is 12.7. The van der Waals surface area contributed by atoms with Crippen LogP contribution >= 0.6 is 36.2 Å². The summed E-state index contributed by atoms with van der Waals surface area (Å²) in [7, 11) is 0. The molecule has 0 spiro atoms. The number of likely N-dealkylation sites (tertiary alicyclic amines) is 1. The second-order valence-corrected chi connectivity index (χ2v) is 8.27. The van der Waals surface area contributed by atoms with Gasteiger partial charge in [0, 0.05) is 30.9 Å². The summed E-state index contributed by atoms with van der Waals surface area (Å²) in [6.07, 6.45) is 4.02. The molecule has 1 aromatic heterocycles. The highest BCUT2D eigenvalue weighted by Gasteiger charge is 2.27. The summed E-state index contributed by atoms with van der Waals surface area (Å²) in [5.41, 5.74) is 0.563. The quantitative estimate of drug-likeness (QED) is 0.743.